The van der Waals surface area contributed by atoms with Crippen molar-refractivity contribution in [2.75, 3.05) is 14.2 Å². The van der Waals surface area contributed by atoms with E-state index < -0.39 is 34.7 Å². The number of hydrogen-bond donors (Lipinski definition) is 2. The molecule has 9 nitrogen and oxygen atoms in total. The molecule has 0 saturated carbocycles. The Bertz CT molecular complexity index is 4370. The average Bonchev–Trinajstić information content (AvgIpc) is 0.715. The zero-order chi connectivity index (χ0) is 69.3. The molecule has 9 aromatic carbocycles. The van der Waals surface area contributed by atoms with Gasteiger partial charge in [0.1, 0.15) is 46.0 Å². The van der Waals surface area contributed by atoms with Gasteiger partial charge in [0.2, 0.25) is 0 Å². The van der Waals surface area contributed by atoms with Gasteiger partial charge in [0.25, 0.3) is 0 Å². The van der Waals surface area contributed by atoms with Gasteiger partial charge in [-0.05, 0) is 240 Å². The van der Waals surface area contributed by atoms with Gasteiger partial charge in [-0.2, -0.15) is 26.3 Å². The van der Waals surface area contributed by atoms with E-state index in [0.717, 1.165) is 122 Å². The van der Waals surface area contributed by atoms with Crippen LogP contribution in [0.1, 0.15) is 129 Å². The molecule has 0 amide bonds. The van der Waals surface area contributed by atoms with E-state index in [2.05, 4.69) is 18.1 Å². The molecule has 2 N–H and O–H groups in total. The number of phenols is 1. The zero-order valence-electron chi connectivity index (χ0n) is 55.8. The highest BCUT2D eigenvalue weighted by atomic mass is 19.4. The first-order valence-corrected chi connectivity index (χ1v) is 32.5. The lowest BCUT2D eigenvalue weighted by molar-refractivity contribution is -0.138. The molecule has 2 atom stereocenters. The number of aliphatic hydroxyl groups is 1. The number of fused-ring (bicyclic) bond motifs is 13. The molecule has 13 rings (SSSR count). The van der Waals surface area contributed by atoms with Crippen LogP contribution >= 0.6 is 0 Å². The molecule has 2 unspecified atom stereocenters. The number of aryl methyl sites for hydroxylation is 2. The quantitative estimate of drug-likeness (QED) is 0.0813. The minimum atomic E-state index is -4.52. The Kier molecular flexibility index (Phi) is 19.6. The third kappa shape index (κ3) is 14.4. The van der Waals surface area contributed by atoms with Crippen molar-refractivity contribution in [1.29, 1.82) is 0 Å². The number of allylic oxidation sites excluding steroid dienone is 3. The van der Waals surface area contributed by atoms with Crippen molar-refractivity contribution in [2.45, 2.75) is 135 Å². The number of aromatic hydroxyl groups is 1. The third-order valence-corrected chi connectivity index (χ3v) is 17.7. The lowest BCUT2D eigenvalue weighted by atomic mass is 9.69. The molecule has 9 aromatic rings. The summed E-state index contributed by atoms with van der Waals surface area (Å²) in [4.78, 5) is 0. The summed E-state index contributed by atoms with van der Waals surface area (Å²) in [6, 6.07) is 44.8. The molecule has 0 aromatic heterocycles. The summed E-state index contributed by atoms with van der Waals surface area (Å²) in [5.41, 5.74) is 5.64. The van der Waals surface area contributed by atoms with Gasteiger partial charge in [-0.3, -0.25) is 0 Å². The smallest absolute Gasteiger partial charge is 0.416 e. The highest BCUT2D eigenvalue weighted by Gasteiger charge is 2.43. The number of rotatable bonds is 14. The second-order valence-electron chi connectivity index (χ2n) is 25.8. The van der Waals surface area contributed by atoms with Gasteiger partial charge in [0.05, 0.1) is 49.8 Å². The molecule has 3 aliphatic carbocycles. The molecule has 0 spiro atoms. The molecule has 1 heterocycles. The van der Waals surface area contributed by atoms with Crippen LogP contribution in [-0.4, -0.2) is 48.8 Å². The van der Waals surface area contributed by atoms with Crippen LogP contribution in [0, 0.1) is 18.3 Å². The van der Waals surface area contributed by atoms with Crippen LogP contribution in [0.5, 0.6) is 40.2 Å². The van der Waals surface area contributed by atoms with E-state index in [4.69, 9.17) is 39.6 Å². The minimum Gasteiger partial charge on any atom is -0.507 e. The Morgan fingerprint density at radius 1 is 0.526 bits per heavy atom. The molecule has 0 fully saturated rings. The van der Waals surface area contributed by atoms with E-state index in [1.807, 2.05) is 165 Å². The molecular formula is C82H78F6O9. The van der Waals surface area contributed by atoms with Gasteiger partial charge < -0.3 is 43.4 Å². The monoisotopic (exact) mass is 1320 g/mol. The second kappa shape index (κ2) is 27.7. The van der Waals surface area contributed by atoms with Crippen LogP contribution in [0.3, 0.4) is 0 Å². The summed E-state index contributed by atoms with van der Waals surface area (Å²) < 4.78 is 123. The first kappa shape index (κ1) is 68.6. The van der Waals surface area contributed by atoms with E-state index in [1.165, 1.54) is 18.2 Å². The molecule has 97 heavy (non-hydrogen) atoms. The fourth-order valence-electron chi connectivity index (χ4n) is 13.3. The van der Waals surface area contributed by atoms with Crippen molar-refractivity contribution in [3.63, 3.8) is 0 Å². The normalized spacial score (nSPS) is 15.9. The Morgan fingerprint density at radius 3 is 1.48 bits per heavy atom. The fraction of sp³-hybridized carbons (Fsp3) is 0.293. The predicted octanol–water partition coefficient (Wildman–Crippen LogP) is 20.0. The summed E-state index contributed by atoms with van der Waals surface area (Å²) in [5.74, 6) is 7.41. The molecule has 1 aliphatic heterocycles. The number of phenolic OH excluding ortho intramolecular Hbond substituents is 1. The van der Waals surface area contributed by atoms with Crippen LogP contribution in [0.4, 0.5) is 26.3 Å². The number of halogens is 6. The van der Waals surface area contributed by atoms with Crippen LogP contribution in [0.25, 0.3) is 38.7 Å². The molecule has 0 bridgehead atoms. The SMILES string of the molecule is C#CC(O)(c1ccc(OC(C)C)cc1)c1ccc(OC(C)C)cc1.COC1=CC2c3c(c4c(c5cc(C(F)(F)F)ccc35)OC(c3ccc(OC(C)C)cc3)(c3ccc(OC(C)C)cc3)C=C4)CCC2C=C1.COc1ccc2c(c1)-c1c(cc(O)c3cc(C(F)(F)F)ccc13)CC2. The molecule has 15 heteroatoms. The lowest BCUT2D eigenvalue weighted by Gasteiger charge is -2.40. The molecule has 0 saturated heterocycles. The number of benzene rings is 9. The first-order valence-electron chi connectivity index (χ1n) is 32.5. The second-order valence-corrected chi connectivity index (χ2v) is 25.8. The Balaban J connectivity index is 0.000000163. The predicted molar refractivity (Wildman–Crippen MR) is 369 cm³/mol. The van der Waals surface area contributed by atoms with Gasteiger partial charge in [-0.1, -0.05) is 84.8 Å². The highest BCUT2D eigenvalue weighted by molar-refractivity contribution is 6.03. The third-order valence-electron chi connectivity index (χ3n) is 17.7. The standard InChI is InChI=1S/C41H39F3O4.C21H24O3.C20H15F3O2/c1-24(2)46-30-14-8-27(9-15-30)40(28-10-16-31(17-11-28)47-25(3)4)21-20-35-33-18-7-26-6-13-32(45-5)23-36(26)38(33)34-19-12-29(41(42,43)44)22-37(34)39(35)48-40;1-6-21(22,17-7-11-19(12-8-17)23-15(2)3)18-9-13-20(14-10-18)24-16(4)5;1-25-14-6-4-11-2-3-12-8-18(24)17-9-13(20(21,22)23)5-7-15(17)19(12)16(11)10-14/h6,8-17,19-26,36H,7,18H2,1-5H3;1,7-16,22H,2-5H3;4-10,24H,2-3H2,1H3. The van der Waals surface area contributed by atoms with Crippen LogP contribution in [0.15, 0.2) is 188 Å². The van der Waals surface area contributed by atoms with Crippen molar-refractivity contribution < 1.29 is 69.7 Å². The van der Waals surface area contributed by atoms with Crippen molar-refractivity contribution in [3.8, 4) is 63.7 Å². The van der Waals surface area contributed by atoms with E-state index >= 15 is 0 Å². The molecule has 0 radical (unpaired) electrons. The number of methoxy groups -OCH3 is 2. The summed E-state index contributed by atoms with van der Waals surface area (Å²) in [5, 5.41) is 23.3. The summed E-state index contributed by atoms with van der Waals surface area (Å²) in [7, 11) is 3.22. The average molecular weight is 1320 g/mol. The first-order chi connectivity index (χ1) is 46.2. The maximum atomic E-state index is 14.3. The summed E-state index contributed by atoms with van der Waals surface area (Å²) in [6.45, 7) is 15.7. The molecule has 502 valence electrons. The minimum absolute atomic E-state index is 0.00505. The molecular weight excluding hydrogens is 1240 g/mol. The van der Waals surface area contributed by atoms with Gasteiger partial charge in [0.15, 0.2) is 11.2 Å². The van der Waals surface area contributed by atoms with E-state index in [9.17, 15) is 36.6 Å². The van der Waals surface area contributed by atoms with Gasteiger partial charge >= 0.3 is 12.4 Å². The molecule has 4 aliphatic rings. The van der Waals surface area contributed by atoms with E-state index in [0.29, 0.717) is 33.4 Å². The summed E-state index contributed by atoms with van der Waals surface area (Å²) in [6.07, 6.45) is 10.5. The Hall–Kier alpha value is -9.78. The number of hydrogen-bond acceptors (Lipinski definition) is 9. The van der Waals surface area contributed by atoms with E-state index in [1.54, 1.807) is 50.6 Å². The number of terminal acetylenes is 1. The maximum Gasteiger partial charge on any atom is 0.416 e. The van der Waals surface area contributed by atoms with Crippen molar-refractivity contribution >= 4 is 27.6 Å². The van der Waals surface area contributed by atoms with E-state index in [-0.39, 0.29) is 47.4 Å². The van der Waals surface area contributed by atoms with Crippen molar-refractivity contribution in [3.05, 3.63) is 249 Å². The maximum absolute atomic E-state index is 14.3. The Morgan fingerprint density at radius 2 is 1.00 bits per heavy atom. The van der Waals surface area contributed by atoms with Gasteiger partial charge in [-0.15, -0.1) is 6.42 Å². The fourth-order valence-corrected chi connectivity index (χ4v) is 13.3. The largest absolute Gasteiger partial charge is 0.507 e. The number of ether oxygens (including phenoxy) is 7. The summed E-state index contributed by atoms with van der Waals surface area (Å²) >= 11 is 0. The van der Waals surface area contributed by atoms with Crippen LogP contribution in [0.2, 0.25) is 0 Å². The topological polar surface area (TPSA) is 105 Å². The van der Waals surface area contributed by atoms with Gasteiger partial charge in [0, 0.05) is 44.5 Å². The lowest BCUT2D eigenvalue weighted by Crippen LogP contribution is -2.35. The van der Waals surface area contributed by atoms with Gasteiger partial charge in [-0.25, -0.2) is 0 Å². The Labute approximate surface area is 562 Å². The number of alkyl halides is 6. The van der Waals surface area contributed by atoms with Crippen LogP contribution in [-0.2, 0) is 47.6 Å². The zero-order valence-corrected chi connectivity index (χ0v) is 55.8. The van der Waals surface area contributed by atoms with Crippen molar-refractivity contribution in [1.82, 2.24) is 0 Å². The van der Waals surface area contributed by atoms with Crippen LogP contribution < -0.4 is 28.4 Å². The van der Waals surface area contributed by atoms with Crippen molar-refractivity contribution in [2.24, 2.45) is 5.92 Å². The highest BCUT2D eigenvalue weighted by Crippen LogP contribution is 2.54.